The van der Waals surface area contributed by atoms with E-state index in [-0.39, 0.29) is 5.56 Å². The molecule has 0 aliphatic heterocycles. The summed E-state index contributed by atoms with van der Waals surface area (Å²) in [7, 11) is 0. The van der Waals surface area contributed by atoms with Crippen LogP contribution in [-0.4, -0.2) is 17.1 Å². The Hall–Kier alpha value is -0.680. The Morgan fingerprint density at radius 3 is 2.56 bits per heavy atom. The van der Waals surface area contributed by atoms with Crippen LogP contribution in [-0.2, 0) is 0 Å². The molecule has 0 aliphatic rings. The fourth-order valence-electron chi connectivity index (χ4n) is 1.37. The number of rotatable bonds is 5. The van der Waals surface area contributed by atoms with Gasteiger partial charge in [-0.2, -0.15) is 11.8 Å². The van der Waals surface area contributed by atoms with Gasteiger partial charge < -0.3 is 5.11 Å². The van der Waals surface area contributed by atoms with Crippen LogP contribution in [0.1, 0.15) is 24.5 Å². The monoisotopic (exact) mass is 250 g/mol. The first-order valence-corrected chi connectivity index (χ1v) is 6.27. The van der Waals surface area contributed by atoms with E-state index in [0.29, 0.717) is 12.8 Å². The lowest BCUT2D eigenvalue weighted by molar-refractivity contribution is 0.160. The van der Waals surface area contributed by atoms with Crippen LogP contribution in [0.4, 0.5) is 13.2 Å². The van der Waals surface area contributed by atoms with Gasteiger partial charge in [-0.1, -0.05) is 6.07 Å². The molecule has 1 nitrogen and oxygen atoms in total. The van der Waals surface area contributed by atoms with E-state index in [9.17, 15) is 18.3 Å². The molecule has 0 amide bonds. The molecule has 1 atom stereocenters. The molecular formula is C11H13F3OS. The zero-order chi connectivity index (χ0) is 12.1. The van der Waals surface area contributed by atoms with E-state index in [4.69, 9.17) is 0 Å². The van der Waals surface area contributed by atoms with Gasteiger partial charge in [-0.15, -0.1) is 0 Å². The van der Waals surface area contributed by atoms with E-state index in [1.807, 2.05) is 6.26 Å². The first kappa shape index (κ1) is 13.4. The van der Waals surface area contributed by atoms with Crippen LogP contribution in [0.3, 0.4) is 0 Å². The average Bonchev–Trinajstić information content (AvgIpc) is 2.26. The summed E-state index contributed by atoms with van der Waals surface area (Å²) in [5, 5.41) is 9.60. The van der Waals surface area contributed by atoms with Crippen molar-refractivity contribution in [2.45, 2.75) is 18.9 Å². The largest absolute Gasteiger partial charge is 0.388 e. The Kier molecular flexibility index (Phi) is 5.15. The Morgan fingerprint density at radius 2 is 1.94 bits per heavy atom. The molecule has 1 rings (SSSR count). The molecule has 0 heterocycles. The lowest BCUT2D eigenvalue weighted by atomic mass is 10.0. The van der Waals surface area contributed by atoms with E-state index in [1.54, 1.807) is 11.8 Å². The van der Waals surface area contributed by atoms with E-state index in [2.05, 4.69) is 0 Å². The zero-order valence-corrected chi connectivity index (χ0v) is 9.66. The molecule has 1 aromatic carbocycles. The summed E-state index contributed by atoms with van der Waals surface area (Å²) < 4.78 is 38.7. The van der Waals surface area contributed by atoms with Crippen LogP contribution in [0.2, 0.25) is 0 Å². The Morgan fingerprint density at radius 1 is 1.25 bits per heavy atom. The van der Waals surface area contributed by atoms with E-state index < -0.39 is 23.6 Å². The number of hydrogen-bond donors (Lipinski definition) is 1. The van der Waals surface area contributed by atoms with Crippen LogP contribution in [0, 0.1) is 17.5 Å². The third kappa shape index (κ3) is 3.15. The molecule has 90 valence electrons. The van der Waals surface area contributed by atoms with E-state index in [1.165, 1.54) is 0 Å². The second kappa shape index (κ2) is 6.15. The molecule has 1 unspecified atom stereocenters. The topological polar surface area (TPSA) is 20.2 Å². The van der Waals surface area contributed by atoms with Gasteiger partial charge in [0.25, 0.3) is 0 Å². The molecule has 16 heavy (non-hydrogen) atoms. The SMILES string of the molecule is CSCCCC(O)c1ccc(F)c(F)c1F. The number of aliphatic hydroxyl groups is 1. The quantitative estimate of drug-likeness (QED) is 0.639. The maximum Gasteiger partial charge on any atom is 0.194 e. The summed E-state index contributed by atoms with van der Waals surface area (Å²) in [5.74, 6) is -3.22. The highest BCUT2D eigenvalue weighted by Crippen LogP contribution is 2.24. The highest BCUT2D eigenvalue weighted by molar-refractivity contribution is 7.98. The van der Waals surface area contributed by atoms with Crippen LogP contribution in [0.5, 0.6) is 0 Å². The minimum absolute atomic E-state index is 0.181. The highest BCUT2D eigenvalue weighted by Gasteiger charge is 2.18. The summed E-state index contributed by atoms with van der Waals surface area (Å²) in [4.78, 5) is 0. The third-order valence-corrected chi connectivity index (χ3v) is 2.95. The Bertz CT molecular complexity index is 357. The van der Waals surface area contributed by atoms with Gasteiger partial charge in [0.1, 0.15) is 0 Å². The first-order valence-electron chi connectivity index (χ1n) is 4.88. The van der Waals surface area contributed by atoms with Gasteiger partial charge >= 0.3 is 0 Å². The second-order valence-corrected chi connectivity index (χ2v) is 4.40. The summed E-state index contributed by atoms with van der Waals surface area (Å²) in [5.41, 5.74) is -0.181. The lowest BCUT2D eigenvalue weighted by Gasteiger charge is -2.12. The predicted octanol–water partition coefficient (Wildman–Crippen LogP) is 3.28. The van der Waals surface area contributed by atoms with Crippen LogP contribution >= 0.6 is 11.8 Å². The molecular weight excluding hydrogens is 237 g/mol. The zero-order valence-electron chi connectivity index (χ0n) is 8.84. The van der Waals surface area contributed by atoms with Gasteiger partial charge in [0.05, 0.1) is 6.10 Å². The van der Waals surface area contributed by atoms with Gasteiger partial charge in [0.2, 0.25) is 0 Å². The maximum atomic E-state index is 13.2. The number of benzene rings is 1. The van der Waals surface area contributed by atoms with Gasteiger partial charge in [-0.25, -0.2) is 13.2 Å². The minimum atomic E-state index is -1.53. The van der Waals surface area contributed by atoms with Crippen molar-refractivity contribution < 1.29 is 18.3 Å². The third-order valence-electron chi connectivity index (χ3n) is 2.25. The van der Waals surface area contributed by atoms with Crippen molar-refractivity contribution in [3.63, 3.8) is 0 Å². The molecule has 0 fully saturated rings. The van der Waals surface area contributed by atoms with Crippen molar-refractivity contribution in [2.75, 3.05) is 12.0 Å². The molecule has 0 saturated carbocycles. The van der Waals surface area contributed by atoms with Crippen molar-refractivity contribution >= 4 is 11.8 Å². The molecule has 5 heteroatoms. The van der Waals surface area contributed by atoms with Gasteiger partial charge in [-0.05, 0) is 30.9 Å². The van der Waals surface area contributed by atoms with Crippen molar-refractivity contribution in [3.8, 4) is 0 Å². The van der Waals surface area contributed by atoms with Gasteiger partial charge in [-0.3, -0.25) is 0 Å². The van der Waals surface area contributed by atoms with Crippen molar-refractivity contribution in [2.24, 2.45) is 0 Å². The predicted molar refractivity (Wildman–Crippen MR) is 58.9 cm³/mol. The van der Waals surface area contributed by atoms with Gasteiger partial charge in [0, 0.05) is 5.56 Å². The molecule has 0 spiro atoms. The number of aliphatic hydroxyl groups excluding tert-OH is 1. The fraction of sp³-hybridized carbons (Fsp3) is 0.455. The standard InChI is InChI=1S/C11H13F3OS/c1-16-6-2-3-9(15)7-4-5-8(12)11(14)10(7)13/h4-5,9,15H,2-3,6H2,1H3. The van der Waals surface area contributed by atoms with Crippen molar-refractivity contribution in [3.05, 3.63) is 35.1 Å². The molecule has 0 bridgehead atoms. The first-order chi connectivity index (χ1) is 7.57. The molecule has 0 saturated heterocycles. The fourth-order valence-corrected chi connectivity index (χ4v) is 1.83. The highest BCUT2D eigenvalue weighted by atomic mass is 32.2. The Labute approximate surface area is 96.7 Å². The average molecular weight is 250 g/mol. The van der Waals surface area contributed by atoms with Gasteiger partial charge in [0.15, 0.2) is 17.5 Å². The lowest BCUT2D eigenvalue weighted by Crippen LogP contribution is -2.04. The number of hydrogen-bond acceptors (Lipinski definition) is 2. The second-order valence-electron chi connectivity index (χ2n) is 3.42. The maximum absolute atomic E-state index is 13.2. The molecule has 1 N–H and O–H groups in total. The Balaban J connectivity index is 2.76. The molecule has 0 radical (unpaired) electrons. The molecule has 1 aromatic rings. The summed E-state index contributed by atoms with van der Waals surface area (Å²) in [6.07, 6.45) is 1.87. The summed E-state index contributed by atoms with van der Waals surface area (Å²) >= 11 is 1.61. The molecule has 0 aliphatic carbocycles. The van der Waals surface area contributed by atoms with Crippen molar-refractivity contribution in [1.82, 2.24) is 0 Å². The minimum Gasteiger partial charge on any atom is -0.388 e. The van der Waals surface area contributed by atoms with Crippen LogP contribution < -0.4 is 0 Å². The molecule has 0 aromatic heterocycles. The van der Waals surface area contributed by atoms with Crippen LogP contribution in [0.25, 0.3) is 0 Å². The summed E-state index contributed by atoms with van der Waals surface area (Å²) in [6.45, 7) is 0. The van der Waals surface area contributed by atoms with Crippen molar-refractivity contribution in [1.29, 1.82) is 0 Å². The summed E-state index contributed by atoms with van der Waals surface area (Å²) in [6, 6.07) is 1.91. The number of thioether (sulfide) groups is 1. The van der Waals surface area contributed by atoms with E-state index in [0.717, 1.165) is 17.9 Å². The number of halogens is 3. The smallest absolute Gasteiger partial charge is 0.194 e. The normalized spacial score (nSPS) is 12.8. The van der Waals surface area contributed by atoms with E-state index >= 15 is 0 Å². The van der Waals surface area contributed by atoms with Crippen LogP contribution in [0.15, 0.2) is 12.1 Å².